The van der Waals surface area contributed by atoms with Crippen LogP contribution < -0.4 is 4.74 Å². The van der Waals surface area contributed by atoms with Crippen LogP contribution in [0, 0.1) is 5.92 Å². The van der Waals surface area contributed by atoms with E-state index in [1.54, 1.807) is 12.1 Å². The molecule has 1 aliphatic rings. The molecule has 94 valence electrons. The van der Waals surface area contributed by atoms with Crippen molar-refractivity contribution in [3.05, 3.63) is 29.8 Å². The minimum atomic E-state index is -2.82. The normalized spacial score (nSPS) is 21.8. The van der Waals surface area contributed by atoms with Gasteiger partial charge in [0.2, 0.25) is 0 Å². The van der Waals surface area contributed by atoms with Crippen LogP contribution in [-0.2, 0) is 4.74 Å². The number of aliphatic hydroxyl groups is 1. The van der Waals surface area contributed by atoms with E-state index in [4.69, 9.17) is 4.74 Å². The molecule has 1 fully saturated rings. The molecule has 2 unspecified atom stereocenters. The summed E-state index contributed by atoms with van der Waals surface area (Å²) in [6.45, 7) is -1.63. The van der Waals surface area contributed by atoms with Crippen molar-refractivity contribution in [2.75, 3.05) is 13.2 Å². The van der Waals surface area contributed by atoms with E-state index in [0.29, 0.717) is 18.8 Å². The lowest BCUT2D eigenvalue weighted by Crippen LogP contribution is -2.12. The molecule has 1 heterocycles. The molecule has 1 aliphatic heterocycles. The van der Waals surface area contributed by atoms with Crippen LogP contribution in [0.5, 0.6) is 5.75 Å². The van der Waals surface area contributed by atoms with Crippen LogP contribution in [0.2, 0.25) is 0 Å². The maximum atomic E-state index is 11.9. The first-order valence-electron chi connectivity index (χ1n) is 5.47. The molecule has 0 aliphatic carbocycles. The van der Waals surface area contributed by atoms with Crippen molar-refractivity contribution in [2.24, 2.45) is 5.92 Å². The third-order valence-electron chi connectivity index (χ3n) is 2.86. The number of ether oxygens (including phenoxy) is 2. The van der Waals surface area contributed by atoms with Gasteiger partial charge in [-0.25, -0.2) is 0 Å². The number of rotatable bonds is 4. The van der Waals surface area contributed by atoms with Crippen molar-refractivity contribution in [3.8, 4) is 5.75 Å². The number of aliphatic hydroxyl groups excluding tert-OH is 1. The van der Waals surface area contributed by atoms with Gasteiger partial charge in [0.15, 0.2) is 0 Å². The van der Waals surface area contributed by atoms with Crippen molar-refractivity contribution in [2.45, 2.75) is 19.1 Å². The average molecular weight is 244 g/mol. The van der Waals surface area contributed by atoms with Crippen LogP contribution in [0.4, 0.5) is 8.78 Å². The van der Waals surface area contributed by atoms with E-state index in [-0.39, 0.29) is 11.7 Å². The Morgan fingerprint density at radius 2 is 2.00 bits per heavy atom. The Morgan fingerprint density at radius 3 is 2.53 bits per heavy atom. The lowest BCUT2D eigenvalue weighted by molar-refractivity contribution is -0.0498. The molecule has 2 atom stereocenters. The Bertz CT molecular complexity index is 347. The van der Waals surface area contributed by atoms with E-state index in [9.17, 15) is 13.9 Å². The molecular formula is C12H14F2O3. The standard InChI is InChI=1S/C12H14F2O3/c13-12(14)17-10-3-1-8(2-4-10)11(15)9-5-6-16-7-9/h1-4,9,11-12,15H,5-7H2. The summed E-state index contributed by atoms with van der Waals surface area (Å²) in [5.41, 5.74) is 0.696. The summed E-state index contributed by atoms with van der Waals surface area (Å²) >= 11 is 0. The zero-order valence-electron chi connectivity index (χ0n) is 9.18. The third kappa shape index (κ3) is 3.14. The van der Waals surface area contributed by atoms with Gasteiger partial charge in [-0.05, 0) is 24.1 Å². The first kappa shape index (κ1) is 12.3. The predicted octanol–water partition coefficient (Wildman–Crippen LogP) is 2.36. The first-order chi connectivity index (χ1) is 8.16. The molecule has 1 saturated heterocycles. The van der Waals surface area contributed by atoms with Gasteiger partial charge >= 0.3 is 6.61 Å². The monoisotopic (exact) mass is 244 g/mol. The summed E-state index contributed by atoms with van der Waals surface area (Å²) in [6.07, 6.45) is 0.203. The van der Waals surface area contributed by atoms with Gasteiger partial charge < -0.3 is 14.6 Å². The molecule has 0 aromatic heterocycles. The maximum absolute atomic E-state index is 11.9. The fourth-order valence-corrected chi connectivity index (χ4v) is 1.92. The van der Waals surface area contributed by atoms with Crippen LogP contribution in [0.1, 0.15) is 18.1 Å². The highest BCUT2D eigenvalue weighted by molar-refractivity contribution is 5.28. The molecule has 0 spiro atoms. The molecule has 1 N–H and O–H groups in total. The SMILES string of the molecule is OC(c1ccc(OC(F)F)cc1)C1CCOC1. The van der Waals surface area contributed by atoms with Gasteiger partial charge in [-0.3, -0.25) is 0 Å². The first-order valence-corrected chi connectivity index (χ1v) is 5.47. The Morgan fingerprint density at radius 1 is 1.29 bits per heavy atom. The molecule has 17 heavy (non-hydrogen) atoms. The van der Waals surface area contributed by atoms with Crippen molar-refractivity contribution in [3.63, 3.8) is 0 Å². The molecule has 0 saturated carbocycles. The molecule has 5 heteroatoms. The summed E-state index contributed by atoms with van der Waals surface area (Å²) < 4.78 is 33.3. The number of alkyl halides is 2. The highest BCUT2D eigenvalue weighted by Crippen LogP contribution is 2.29. The number of hydrogen-bond donors (Lipinski definition) is 1. The topological polar surface area (TPSA) is 38.7 Å². The van der Waals surface area contributed by atoms with Crippen molar-refractivity contribution in [1.82, 2.24) is 0 Å². The van der Waals surface area contributed by atoms with Gasteiger partial charge in [0.1, 0.15) is 5.75 Å². The lowest BCUT2D eigenvalue weighted by Gasteiger charge is -2.17. The van der Waals surface area contributed by atoms with Crippen LogP contribution in [0.15, 0.2) is 24.3 Å². The molecule has 1 aromatic rings. The summed E-state index contributed by atoms with van der Waals surface area (Å²) in [6, 6.07) is 6.06. The zero-order chi connectivity index (χ0) is 12.3. The van der Waals surface area contributed by atoms with Crippen LogP contribution >= 0.6 is 0 Å². The van der Waals surface area contributed by atoms with E-state index < -0.39 is 12.7 Å². The largest absolute Gasteiger partial charge is 0.435 e. The van der Waals surface area contributed by atoms with Crippen LogP contribution in [0.3, 0.4) is 0 Å². The highest BCUT2D eigenvalue weighted by Gasteiger charge is 2.25. The van der Waals surface area contributed by atoms with Gasteiger partial charge in [0.05, 0.1) is 12.7 Å². The summed E-state index contributed by atoms with van der Waals surface area (Å²) in [7, 11) is 0. The van der Waals surface area contributed by atoms with Gasteiger partial charge in [-0.2, -0.15) is 8.78 Å². The minimum Gasteiger partial charge on any atom is -0.435 e. The van der Waals surface area contributed by atoms with Crippen LogP contribution in [-0.4, -0.2) is 24.9 Å². The Balaban J connectivity index is 2.01. The van der Waals surface area contributed by atoms with Crippen molar-refractivity contribution >= 4 is 0 Å². The maximum Gasteiger partial charge on any atom is 0.387 e. The Labute approximate surface area is 98.0 Å². The van der Waals surface area contributed by atoms with Crippen LogP contribution in [0.25, 0.3) is 0 Å². The molecule has 3 nitrogen and oxygen atoms in total. The van der Waals surface area contributed by atoms with Gasteiger partial charge in [0, 0.05) is 12.5 Å². The van der Waals surface area contributed by atoms with E-state index in [0.717, 1.165) is 6.42 Å². The van der Waals surface area contributed by atoms with Crippen molar-refractivity contribution in [1.29, 1.82) is 0 Å². The number of hydrogen-bond acceptors (Lipinski definition) is 3. The van der Waals surface area contributed by atoms with E-state index in [1.807, 2.05) is 0 Å². The zero-order valence-corrected chi connectivity index (χ0v) is 9.18. The molecule has 1 aromatic carbocycles. The van der Waals surface area contributed by atoms with E-state index in [2.05, 4.69) is 4.74 Å². The van der Waals surface area contributed by atoms with Gasteiger partial charge in [0.25, 0.3) is 0 Å². The van der Waals surface area contributed by atoms with E-state index in [1.165, 1.54) is 12.1 Å². The van der Waals surface area contributed by atoms with Crippen molar-refractivity contribution < 1.29 is 23.4 Å². The highest BCUT2D eigenvalue weighted by atomic mass is 19.3. The molecule has 0 radical (unpaired) electrons. The van der Waals surface area contributed by atoms with E-state index >= 15 is 0 Å². The summed E-state index contributed by atoms with van der Waals surface area (Å²) in [4.78, 5) is 0. The number of halogens is 2. The molecule has 2 rings (SSSR count). The minimum absolute atomic E-state index is 0.0804. The smallest absolute Gasteiger partial charge is 0.387 e. The third-order valence-corrected chi connectivity index (χ3v) is 2.86. The lowest BCUT2D eigenvalue weighted by atomic mass is 9.95. The fraction of sp³-hybridized carbons (Fsp3) is 0.500. The molecule has 0 bridgehead atoms. The molecular weight excluding hydrogens is 230 g/mol. The summed E-state index contributed by atoms with van der Waals surface area (Å²) in [5, 5.41) is 10.0. The quantitative estimate of drug-likeness (QED) is 0.883. The number of benzene rings is 1. The predicted molar refractivity (Wildman–Crippen MR) is 57.0 cm³/mol. The Hall–Kier alpha value is -1.20. The summed E-state index contributed by atoms with van der Waals surface area (Å²) in [5.74, 6) is 0.176. The molecule has 0 amide bonds. The fourth-order valence-electron chi connectivity index (χ4n) is 1.92. The Kier molecular flexibility index (Phi) is 3.91. The second-order valence-corrected chi connectivity index (χ2v) is 4.02. The van der Waals surface area contributed by atoms with Gasteiger partial charge in [-0.15, -0.1) is 0 Å². The average Bonchev–Trinajstić information content (AvgIpc) is 2.82. The second-order valence-electron chi connectivity index (χ2n) is 4.02. The second kappa shape index (κ2) is 5.42. The van der Waals surface area contributed by atoms with Gasteiger partial charge in [-0.1, -0.05) is 12.1 Å².